The summed E-state index contributed by atoms with van der Waals surface area (Å²) in [6, 6.07) is 8.64. The van der Waals surface area contributed by atoms with Gasteiger partial charge in [-0.05, 0) is 44.4 Å². The lowest BCUT2D eigenvalue weighted by atomic mass is 9.78. The maximum Gasteiger partial charge on any atom is 0.0926 e. The molecule has 0 radical (unpaired) electrons. The summed E-state index contributed by atoms with van der Waals surface area (Å²) in [6.45, 7) is 10.1. The van der Waals surface area contributed by atoms with Crippen molar-refractivity contribution in [3.05, 3.63) is 53.2 Å². The lowest BCUT2D eigenvalue weighted by molar-refractivity contribution is 0.00325. The normalized spacial score (nSPS) is 20.1. The Morgan fingerprint density at radius 3 is 2.75 bits per heavy atom. The molecule has 0 saturated carbocycles. The largest absolute Gasteiger partial charge is 0.357 e. The number of hydrogen-bond acceptors (Lipinski definition) is 3. The van der Waals surface area contributed by atoms with Crippen LogP contribution in [0, 0.1) is 6.92 Å². The van der Waals surface area contributed by atoms with Gasteiger partial charge in [0.05, 0.1) is 17.6 Å². The van der Waals surface area contributed by atoms with Crippen molar-refractivity contribution in [2.45, 2.75) is 51.6 Å². The number of imidazole rings is 1. The Labute approximate surface area is 167 Å². The van der Waals surface area contributed by atoms with Crippen LogP contribution in [-0.2, 0) is 18.5 Å². The minimum Gasteiger partial charge on any atom is -0.357 e. The van der Waals surface area contributed by atoms with Crippen molar-refractivity contribution in [2.75, 3.05) is 26.2 Å². The molecule has 1 spiro atoms. The minimum atomic E-state index is 0.135. The number of aromatic nitrogens is 3. The number of nitrogens with one attached hydrogen (secondary N) is 2. The van der Waals surface area contributed by atoms with Gasteiger partial charge in [-0.3, -0.25) is 9.80 Å². The molecule has 5 heteroatoms. The molecule has 3 aromatic rings. The topological polar surface area (TPSA) is 51.0 Å². The molecule has 0 amide bonds. The van der Waals surface area contributed by atoms with E-state index in [1.165, 1.54) is 59.4 Å². The van der Waals surface area contributed by atoms with Crippen molar-refractivity contribution in [3.63, 3.8) is 0 Å². The second kappa shape index (κ2) is 7.05. The molecule has 0 atom stereocenters. The first kappa shape index (κ1) is 18.0. The van der Waals surface area contributed by atoms with E-state index in [1.807, 2.05) is 6.33 Å². The number of rotatable bonds is 4. The average Bonchev–Trinajstić information content (AvgIpc) is 3.32. The van der Waals surface area contributed by atoms with E-state index in [4.69, 9.17) is 4.98 Å². The van der Waals surface area contributed by atoms with Crippen LogP contribution in [-0.4, -0.2) is 50.9 Å². The van der Waals surface area contributed by atoms with Crippen molar-refractivity contribution in [1.29, 1.82) is 0 Å². The third-order valence-electron chi connectivity index (χ3n) is 7.02. The van der Waals surface area contributed by atoms with Gasteiger partial charge in [0.1, 0.15) is 0 Å². The summed E-state index contributed by atoms with van der Waals surface area (Å²) in [4.78, 5) is 17.2. The van der Waals surface area contributed by atoms with E-state index in [0.717, 1.165) is 32.6 Å². The Bertz CT molecular complexity index is 960. The molecule has 148 valence electrons. The highest BCUT2D eigenvalue weighted by Crippen LogP contribution is 2.42. The second-order valence-electron chi connectivity index (χ2n) is 8.55. The lowest BCUT2D eigenvalue weighted by Gasteiger charge is -2.50. The number of hydrogen-bond donors (Lipinski definition) is 2. The zero-order valence-corrected chi connectivity index (χ0v) is 17.1. The molecular weight excluding hydrogens is 346 g/mol. The van der Waals surface area contributed by atoms with Crippen LogP contribution in [0.3, 0.4) is 0 Å². The quantitative estimate of drug-likeness (QED) is 0.724. The molecule has 2 aliphatic rings. The van der Waals surface area contributed by atoms with E-state index in [9.17, 15) is 0 Å². The summed E-state index contributed by atoms with van der Waals surface area (Å²) < 4.78 is 0. The van der Waals surface area contributed by atoms with E-state index >= 15 is 0 Å². The first-order valence-corrected chi connectivity index (χ1v) is 10.8. The van der Waals surface area contributed by atoms with Crippen LogP contribution in [0.2, 0.25) is 0 Å². The van der Waals surface area contributed by atoms with Crippen LogP contribution < -0.4 is 0 Å². The Hall–Kier alpha value is -2.11. The molecular formula is C23H31N5. The van der Waals surface area contributed by atoms with Crippen LogP contribution in [0.15, 0.2) is 30.6 Å². The van der Waals surface area contributed by atoms with Gasteiger partial charge in [0.2, 0.25) is 0 Å². The number of para-hydroxylation sites is 1. The van der Waals surface area contributed by atoms with Crippen LogP contribution in [0.4, 0.5) is 0 Å². The second-order valence-corrected chi connectivity index (χ2v) is 8.55. The van der Waals surface area contributed by atoms with Gasteiger partial charge in [-0.2, -0.15) is 0 Å². The maximum absolute atomic E-state index is 4.80. The molecule has 5 rings (SSSR count). The number of H-pyrrole nitrogens is 2. The average molecular weight is 378 g/mol. The van der Waals surface area contributed by atoms with E-state index in [-0.39, 0.29) is 5.54 Å². The number of nitrogens with zero attached hydrogens (tertiary/aromatic N) is 3. The first-order valence-electron chi connectivity index (χ1n) is 10.8. The molecule has 2 N–H and O–H groups in total. The minimum absolute atomic E-state index is 0.135. The maximum atomic E-state index is 4.80. The van der Waals surface area contributed by atoms with Gasteiger partial charge in [0, 0.05) is 54.9 Å². The van der Waals surface area contributed by atoms with Crippen LogP contribution in [0.5, 0.6) is 0 Å². The molecule has 0 unspecified atom stereocenters. The SMILES string of the molecule is CCCN1CCc2[nH]cnc2C12CCN(Cc1[nH]c3ccccc3c1C)CC2. The summed E-state index contributed by atoms with van der Waals surface area (Å²) in [5.41, 5.74) is 6.85. The van der Waals surface area contributed by atoms with Crippen molar-refractivity contribution in [3.8, 4) is 0 Å². The molecule has 0 aliphatic carbocycles. The van der Waals surface area contributed by atoms with Gasteiger partial charge in [-0.25, -0.2) is 4.98 Å². The van der Waals surface area contributed by atoms with Gasteiger partial charge in [0.15, 0.2) is 0 Å². The van der Waals surface area contributed by atoms with Gasteiger partial charge in [-0.1, -0.05) is 25.1 Å². The number of fused-ring (bicyclic) bond motifs is 3. The molecule has 1 aromatic carbocycles. The smallest absolute Gasteiger partial charge is 0.0926 e. The fraction of sp³-hybridized carbons (Fsp3) is 0.522. The first-order chi connectivity index (χ1) is 13.7. The number of likely N-dealkylation sites (tertiary alicyclic amines) is 1. The fourth-order valence-electron chi connectivity index (χ4n) is 5.47. The van der Waals surface area contributed by atoms with E-state index in [0.29, 0.717) is 0 Å². The van der Waals surface area contributed by atoms with Crippen molar-refractivity contribution in [1.82, 2.24) is 24.8 Å². The summed E-state index contributed by atoms with van der Waals surface area (Å²) >= 11 is 0. The Kier molecular flexibility index (Phi) is 4.52. The molecule has 5 nitrogen and oxygen atoms in total. The van der Waals surface area contributed by atoms with Gasteiger partial charge >= 0.3 is 0 Å². The Morgan fingerprint density at radius 1 is 1.14 bits per heavy atom. The molecule has 1 fully saturated rings. The van der Waals surface area contributed by atoms with Crippen molar-refractivity contribution < 1.29 is 0 Å². The van der Waals surface area contributed by atoms with Gasteiger partial charge < -0.3 is 9.97 Å². The predicted octanol–water partition coefficient (Wildman–Crippen LogP) is 3.96. The lowest BCUT2D eigenvalue weighted by Crippen LogP contribution is -2.56. The molecule has 4 heterocycles. The zero-order valence-electron chi connectivity index (χ0n) is 17.1. The summed E-state index contributed by atoms with van der Waals surface area (Å²) in [7, 11) is 0. The highest BCUT2D eigenvalue weighted by molar-refractivity contribution is 5.84. The molecule has 28 heavy (non-hydrogen) atoms. The van der Waals surface area contributed by atoms with Crippen LogP contribution >= 0.6 is 0 Å². The van der Waals surface area contributed by atoms with Crippen molar-refractivity contribution in [2.24, 2.45) is 0 Å². The third kappa shape index (κ3) is 2.80. The summed E-state index contributed by atoms with van der Waals surface area (Å²) in [5.74, 6) is 0. The van der Waals surface area contributed by atoms with Crippen LogP contribution in [0.25, 0.3) is 10.9 Å². The highest BCUT2D eigenvalue weighted by Gasteiger charge is 2.46. The summed E-state index contributed by atoms with van der Waals surface area (Å²) in [6.07, 6.45) is 6.56. The van der Waals surface area contributed by atoms with Gasteiger partial charge in [0.25, 0.3) is 0 Å². The number of aryl methyl sites for hydroxylation is 1. The van der Waals surface area contributed by atoms with Crippen LogP contribution in [0.1, 0.15) is 48.8 Å². The molecule has 1 saturated heterocycles. The summed E-state index contributed by atoms with van der Waals surface area (Å²) in [5, 5.41) is 1.36. The molecule has 2 aliphatic heterocycles. The Morgan fingerprint density at radius 2 is 1.96 bits per heavy atom. The molecule has 2 aromatic heterocycles. The highest BCUT2D eigenvalue weighted by atomic mass is 15.3. The van der Waals surface area contributed by atoms with Gasteiger partial charge in [-0.15, -0.1) is 0 Å². The number of piperidine rings is 1. The predicted molar refractivity (Wildman–Crippen MR) is 113 cm³/mol. The standard InChI is InChI=1S/C23H31N5/c1-3-11-28-12-8-20-22(25-16-24-20)23(28)9-13-27(14-10-23)15-21-17(2)18-6-4-5-7-19(18)26-21/h4-7,16,26H,3,8-15H2,1-2H3,(H,24,25). The van der Waals surface area contributed by atoms with E-state index in [2.05, 4.69) is 57.9 Å². The number of benzene rings is 1. The van der Waals surface area contributed by atoms with E-state index in [1.54, 1.807) is 0 Å². The third-order valence-corrected chi connectivity index (χ3v) is 7.02. The van der Waals surface area contributed by atoms with Crippen molar-refractivity contribution >= 4 is 10.9 Å². The Balaban J connectivity index is 1.36. The number of aromatic amines is 2. The monoisotopic (exact) mass is 377 g/mol. The zero-order chi connectivity index (χ0) is 19.1. The molecule has 0 bridgehead atoms. The fourth-order valence-corrected chi connectivity index (χ4v) is 5.47. The van der Waals surface area contributed by atoms with E-state index < -0.39 is 0 Å².